The Morgan fingerprint density at radius 3 is 2.66 bits per heavy atom. The Labute approximate surface area is 229 Å². The number of aryl methyl sites for hydroxylation is 1. The molecule has 8 nitrogen and oxygen atoms in total. The minimum atomic E-state index is -0.387. The fourth-order valence-electron chi connectivity index (χ4n) is 4.55. The largest absolute Gasteiger partial charge is 0.463 e. The lowest BCUT2D eigenvalue weighted by atomic mass is 10.0. The highest BCUT2D eigenvalue weighted by atomic mass is 32.2. The second-order valence-electron chi connectivity index (χ2n) is 9.32. The first kappa shape index (κ1) is 27.9. The first-order valence-electron chi connectivity index (χ1n) is 13.3. The molecule has 2 N–H and O–H groups in total. The zero-order valence-electron chi connectivity index (χ0n) is 23.0. The molecule has 0 saturated carbocycles. The van der Waals surface area contributed by atoms with Crippen LogP contribution in [0, 0.1) is 6.92 Å². The van der Waals surface area contributed by atoms with Gasteiger partial charge in [-0.15, -0.1) is 0 Å². The summed E-state index contributed by atoms with van der Waals surface area (Å²) >= 11 is 1.99. The predicted molar refractivity (Wildman–Crippen MR) is 158 cm³/mol. The number of para-hydroxylation sites is 1. The van der Waals surface area contributed by atoms with Gasteiger partial charge < -0.3 is 20.3 Å². The van der Waals surface area contributed by atoms with Crippen molar-refractivity contribution in [3.05, 3.63) is 59.1 Å². The average molecular weight is 535 g/mol. The maximum atomic E-state index is 12.1. The van der Waals surface area contributed by atoms with E-state index in [1.54, 1.807) is 13.0 Å². The molecule has 0 radical (unpaired) electrons. The summed E-state index contributed by atoms with van der Waals surface area (Å²) in [7, 11) is 1.89. The van der Waals surface area contributed by atoms with E-state index in [4.69, 9.17) is 19.7 Å². The van der Waals surface area contributed by atoms with Crippen molar-refractivity contribution in [1.29, 1.82) is 0 Å². The van der Waals surface area contributed by atoms with Gasteiger partial charge in [-0.25, -0.2) is 19.7 Å². The molecular formula is C29H38N6O2S. The smallest absolute Gasteiger partial charge is 0.330 e. The molecule has 3 heterocycles. The lowest BCUT2D eigenvalue weighted by Crippen LogP contribution is -2.34. The Hall–Kier alpha value is -3.17. The number of carbonyl (C=O) groups is 1. The van der Waals surface area contributed by atoms with Crippen LogP contribution < -0.4 is 15.5 Å². The summed E-state index contributed by atoms with van der Waals surface area (Å²) in [5, 5.41) is 8.06. The van der Waals surface area contributed by atoms with Gasteiger partial charge >= 0.3 is 5.97 Å². The number of pyridine rings is 1. The summed E-state index contributed by atoms with van der Waals surface area (Å²) in [6.45, 7) is 10.2. The quantitative estimate of drug-likeness (QED) is 0.265. The Morgan fingerprint density at radius 1 is 1.18 bits per heavy atom. The highest BCUT2D eigenvalue weighted by molar-refractivity contribution is 7.99. The lowest BCUT2D eigenvalue weighted by Gasteiger charge is -2.32. The number of aromatic nitrogens is 3. The van der Waals surface area contributed by atoms with Crippen molar-refractivity contribution < 1.29 is 9.53 Å². The topological polar surface area (TPSA) is 92.3 Å². The van der Waals surface area contributed by atoms with Crippen LogP contribution in [0.2, 0.25) is 0 Å². The number of carbonyl (C=O) groups excluding carboxylic acids is 1. The Balaban J connectivity index is 1.80. The van der Waals surface area contributed by atoms with E-state index in [0.29, 0.717) is 18.2 Å². The minimum Gasteiger partial charge on any atom is -0.463 e. The van der Waals surface area contributed by atoms with Crippen molar-refractivity contribution in [1.82, 2.24) is 20.3 Å². The van der Waals surface area contributed by atoms with E-state index in [2.05, 4.69) is 46.7 Å². The Bertz CT molecular complexity index is 1290. The molecular weight excluding hydrogens is 496 g/mol. The molecule has 0 spiro atoms. The second-order valence-corrected chi connectivity index (χ2v) is 10.5. The number of ether oxygens (including phenoxy) is 1. The highest BCUT2D eigenvalue weighted by Gasteiger charge is 2.24. The fourth-order valence-corrected chi connectivity index (χ4v) is 5.45. The van der Waals surface area contributed by atoms with Crippen LogP contribution in [-0.2, 0) is 9.53 Å². The summed E-state index contributed by atoms with van der Waals surface area (Å²) in [5.41, 5.74) is 3.71. The first-order chi connectivity index (χ1) is 18.4. The third-order valence-electron chi connectivity index (χ3n) is 6.78. The van der Waals surface area contributed by atoms with Crippen LogP contribution in [0.3, 0.4) is 0 Å². The molecule has 202 valence electrons. The third-order valence-corrected chi connectivity index (χ3v) is 7.73. The summed E-state index contributed by atoms with van der Waals surface area (Å²) in [5.74, 6) is 4.22. The van der Waals surface area contributed by atoms with Crippen LogP contribution in [0.5, 0.6) is 0 Å². The maximum Gasteiger partial charge on any atom is 0.330 e. The van der Waals surface area contributed by atoms with Crippen LogP contribution in [-0.4, -0.2) is 59.2 Å². The van der Waals surface area contributed by atoms with Gasteiger partial charge in [0.15, 0.2) is 0 Å². The molecule has 1 fully saturated rings. The predicted octanol–water partition coefficient (Wildman–Crippen LogP) is 5.31. The molecule has 1 aliphatic rings. The molecule has 1 aliphatic heterocycles. The first-order valence-corrected chi connectivity index (χ1v) is 14.5. The zero-order chi connectivity index (χ0) is 27.1. The van der Waals surface area contributed by atoms with E-state index in [1.807, 2.05) is 38.7 Å². The Kier molecular flexibility index (Phi) is 9.58. The molecule has 0 bridgehead atoms. The van der Waals surface area contributed by atoms with Gasteiger partial charge in [-0.1, -0.05) is 25.1 Å². The highest BCUT2D eigenvalue weighted by Crippen LogP contribution is 2.34. The number of fused-ring (bicyclic) bond motifs is 1. The molecule has 3 aromatic rings. The van der Waals surface area contributed by atoms with Crippen LogP contribution in [0.1, 0.15) is 61.9 Å². The van der Waals surface area contributed by atoms with E-state index in [0.717, 1.165) is 64.6 Å². The van der Waals surface area contributed by atoms with E-state index in [-0.39, 0.29) is 18.1 Å². The van der Waals surface area contributed by atoms with Gasteiger partial charge in [0.05, 0.1) is 29.9 Å². The normalized spacial score (nSPS) is 15.6. The number of rotatable bonds is 10. The number of benzene rings is 1. The zero-order valence-corrected chi connectivity index (χ0v) is 23.8. The van der Waals surface area contributed by atoms with Gasteiger partial charge in [0.2, 0.25) is 0 Å². The molecule has 2 atom stereocenters. The standard InChI is InChI=1S/C29H38N6O2S/c1-6-24(23-18-21-10-8-9-11-25(21)33-29(23)35-14-16-38-17-15-35)32-28-22(12-13-26(36)37-7-2)19(3)31-27(34-28)20(4)30-5/h8-13,18,20,24,30H,6-7,14-17H2,1-5H3,(H,31,32,34). The number of anilines is 2. The number of nitrogens with one attached hydrogen (secondary N) is 2. The van der Waals surface area contributed by atoms with Crippen molar-refractivity contribution in [3.8, 4) is 0 Å². The summed E-state index contributed by atoms with van der Waals surface area (Å²) in [6.07, 6.45) is 4.02. The third kappa shape index (κ3) is 6.45. The number of hydrogen-bond acceptors (Lipinski definition) is 9. The number of nitrogens with zero attached hydrogens (tertiary/aromatic N) is 4. The number of thioether (sulfide) groups is 1. The molecule has 1 saturated heterocycles. The Morgan fingerprint density at radius 2 is 1.95 bits per heavy atom. The number of hydrogen-bond donors (Lipinski definition) is 2. The summed E-state index contributed by atoms with van der Waals surface area (Å²) < 4.78 is 5.11. The van der Waals surface area contributed by atoms with Gasteiger partial charge in [-0.05, 0) is 52.4 Å². The SMILES string of the molecule is CCOC(=O)C=Cc1c(C)nc(C(C)NC)nc1NC(CC)c1cc2ccccc2nc1N1CCSCC1. The van der Waals surface area contributed by atoms with Crippen molar-refractivity contribution >= 4 is 46.3 Å². The van der Waals surface area contributed by atoms with E-state index in [9.17, 15) is 4.79 Å². The summed E-state index contributed by atoms with van der Waals surface area (Å²) in [4.78, 5) is 29.3. The van der Waals surface area contributed by atoms with Gasteiger partial charge in [0.25, 0.3) is 0 Å². The maximum absolute atomic E-state index is 12.1. The van der Waals surface area contributed by atoms with Crippen molar-refractivity contribution in [2.75, 3.05) is 48.5 Å². The van der Waals surface area contributed by atoms with Crippen molar-refractivity contribution in [2.24, 2.45) is 0 Å². The number of esters is 1. The molecule has 9 heteroatoms. The minimum absolute atomic E-state index is 0.0267. The second kappa shape index (κ2) is 13.1. The van der Waals surface area contributed by atoms with Gasteiger partial charge in [-0.2, -0.15) is 11.8 Å². The molecule has 1 aromatic carbocycles. The van der Waals surface area contributed by atoms with Crippen LogP contribution in [0.25, 0.3) is 17.0 Å². The van der Waals surface area contributed by atoms with Crippen molar-refractivity contribution in [3.63, 3.8) is 0 Å². The average Bonchev–Trinajstić information content (AvgIpc) is 2.94. The van der Waals surface area contributed by atoms with Crippen LogP contribution in [0.15, 0.2) is 36.4 Å². The molecule has 0 aliphatic carbocycles. The van der Waals surface area contributed by atoms with Gasteiger partial charge in [-0.3, -0.25) is 0 Å². The van der Waals surface area contributed by atoms with E-state index in [1.165, 1.54) is 6.08 Å². The molecule has 2 unspecified atom stereocenters. The van der Waals surface area contributed by atoms with Gasteiger partial charge in [0, 0.05) is 47.2 Å². The molecule has 4 rings (SSSR count). The molecule has 2 aromatic heterocycles. The van der Waals surface area contributed by atoms with Crippen LogP contribution >= 0.6 is 11.8 Å². The molecule has 38 heavy (non-hydrogen) atoms. The molecule has 0 amide bonds. The monoisotopic (exact) mass is 534 g/mol. The van der Waals surface area contributed by atoms with Crippen LogP contribution in [0.4, 0.5) is 11.6 Å². The van der Waals surface area contributed by atoms with Gasteiger partial charge in [0.1, 0.15) is 17.5 Å². The summed E-state index contributed by atoms with van der Waals surface area (Å²) in [6, 6.07) is 10.5. The van der Waals surface area contributed by atoms with E-state index < -0.39 is 0 Å². The lowest BCUT2D eigenvalue weighted by molar-refractivity contribution is -0.137. The van der Waals surface area contributed by atoms with Crippen molar-refractivity contribution in [2.45, 2.75) is 46.2 Å². The fraction of sp³-hybridized carbons (Fsp3) is 0.448. The van der Waals surface area contributed by atoms with E-state index >= 15 is 0 Å².